The number of oxazole rings is 1. The van der Waals surface area contributed by atoms with Crippen molar-refractivity contribution in [1.82, 2.24) is 19.4 Å². The quantitative estimate of drug-likeness (QED) is 0.395. The van der Waals surface area contributed by atoms with Gasteiger partial charge in [-0.15, -0.1) is 0 Å². The van der Waals surface area contributed by atoms with Crippen LogP contribution in [-0.2, 0) is 4.79 Å². The molecule has 0 aliphatic carbocycles. The molecule has 0 fully saturated rings. The number of aryl methyl sites for hydroxylation is 1. The minimum Gasteiger partial charge on any atom is -0.438 e. The molecule has 8 heteroatoms. The number of benzene rings is 1. The summed E-state index contributed by atoms with van der Waals surface area (Å²) in [6.07, 6.45) is 10.1. The molecule has 0 spiro atoms. The predicted molar refractivity (Wildman–Crippen MR) is 142 cm³/mol. The van der Waals surface area contributed by atoms with E-state index >= 15 is 0 Å². The average molecular weight is 486 g/mol. The van der Waals surface area contributed by atoms with Crippen LogP contribution in [-0.4, -0.2) is 46.0 Å². The molecule has 0 aliphatic heterocycles. The maximum Gasteiger partial charge on any atom is 0.204 e. The molecule has 2 heterocycles. The smallest absolute Gasteiger partial charge is 0.204 e. The van der Waals surface area contributed by atoms with E-state index in [9.17, 15) is 0 Å². The maximum atomic E-state index is 8.58. The maximum absolute atomic E-state index is 8.58. The first-order chi connectivity index (χ1) is 16.4. The molecular weight excluding hydrogens is 450 g/mol. The zero-order valence-electron chi connectivity index (χ0n) is 20.8. The van der Waals surface area contributed by atoms with Crippen molar-refractivity contribution in [1.29, 1.82) is 0 Å². The number of nitrogens with zero attached hydrogens (tertiary/aromatic N) is 4. The lowest BCUT2D eigenvalue weighted by Gasteiger charge is -2.12. The number of imidazole rings is 1. The van der Waals surface area contributed by atoms with Crippen molar-refractivity contribution < 1.29 is 9.21 Å². The van der Waals surface area contributed by atoms with E-state index in [4.69, 9.17) is 25.8 Å². The van der Waals surface area contributed by atoms with E-state index in [1.54, 1.807) is 19.2 Å². The van der Waals surface area contributed by atoms with Crippen molar-refractivity contribution in [2.75, 3.05) is 20.1 Å². The van der Waals surface area contributed by atoms with E-state index in [1.807, 2.05) is 47.9 Å². The van der Waals surface area contributed by atoms with Gasteiger partial charge in [-0.1, -0.05) is 38.1 Å². The van der Waals surface area contributed by atoms with E-state index in [1.165, 1.54) is 25.9 Å². The zero-order valence-corrected chi connectivity index (χ0v) is 21.5. The lowest BCUT2D eigenvalue weighted by molar-refractivity contribution is -0.106. The highest BCUT2D eigenvalue weighted by molar-refractivity contribution is 6.30. The van der Waals surface area contributed by atoms with Gasteiger partial charge in [-0.2, -0.15) is 0 Å². The Morgan fingerprint density at radius 3 is 2.24 bits per heavy atom. The highest BCUT2D eigenvalue weighted by Crippen LogP contribution is 2.29. The minimum atomic E-state index is 0.250. The van der Waals surface area contributed by atoms with Gasteiger partial charge in [0.25, 0.3) is 0 Å². The molecule has 2 aromatic heterocycles. The second kappa shape index (κ2) is 15.6. The van der Waals surface area contributed by atoms with Crippen molar-refractivity contribution in [2.24, 2.45) is 5.73 Å². The van der Waals surface area contributed by atoms with Gasteiger partial charge in [0.1, 0.15) is 0 Å². The Balaban J connectivity index is 0.000000443. The number of carbonyl (C=O) groups excluding carboxylic acids is 1. The molecule has 1 amide bonds. The van der Waals surface area contributed by atoms with Crippen LogP contribution in [0.2, 0.25) is 5.02 Å². The normalized spacial score (nSPS) is 10.4. The van der Waals surface area contributed by atoms with Crippen LogP contribution in [0, 0.1) is 6.92 Å². The molecule has 184 valence electrons. The minimum absolute atomic E-state index is 0.250. The van der Waals surface area contributed by atoms with Crippen molar-refractivity contribution in [3.8, 4) is 17.3 Å². The van der Waals surface area contributed by atoms with Crippen LogP contribution in [0.5, 0.6) is 0 Å². The van der Waals surface area contributed by atoms with E-state index < -0.39 is 0 Å². The Morgan fingerprint density at radius 1 is 1.21 bits per heavy atom. The summed E-state index contributed by atoms with van der Waals surface area (Å²) < 4.78 is 7.65. The van der Waals surface area contributed by atoms with E-state index in [0.717, 1.165) is 17.1 Å². The van der Waals surface area contributed by atoms with Crippen molar-refractivity contribution >= 4 is 30.2 Å². The molecule has 0 saturated carbocycles. The van der Waals surface area contributed by atoms with Crippen LogP contribution in [0.1, 0.15) is 50.9 Å². The number of carbonyl (C=O) groups is 1. The summed E-state index contributed by atoms with van der Waals surface area (Å²) in [5.74, 6) is 1.88. The number of nitrogens with two attached hydrogens (primary N) is 1. The summed E-state index contributed by atoms with van der Waals surface area (Å²) in [4.78, 5) is 19.8. The Morgan fingerprint density at radius 2 is 1.79 bits per heavy atom. The van der Waals surface area contributed by atoms with Crippen LogP contribution in [0.25, 0.3) is 29.4 Å². The first kappa shape index (κ1) is 28.9. The summed E-state index contributed by atoms with van der Waals surface area (Å²) in [6, 6.07) is 7.55. The summed E-state index contributed by atoms with van der Waals surface area (Å²) in [7, 11) is 2.17. The third-order valence-corrected chi connectivity index (χ3v) is 4.85. The molecule has 7 nitrogen and oxygen atoms in total. The lowest BCUT2D eigenvalue weighted by atomic mass is 10.2. The third-order valence-electron chi connectivity index (χ3n) is 4.60. The molecule has 34 heavy (non-hydrogen) atoms. The standard InChI is InChI=1S/C18H16ClN3O.C7H17N.CH3NO/c1-4-6-15-16(5-2)22(14-9-7-13(19)8-10-14)18(21-15)17-11-20-12(3)23-17;1-4-6-8(3)7-5-2;2-1-3/h4-11H,2H2,1,3H3;4-7H2,1-3H3;1H,(H2,2,3)/b6-4-;;. The number of rotatable bonds is 8. The van der Waals surface area contributed by atoms with Gasteiger partial charge in [0.2, 0.25) is 6.41 Å². The van der Waals surface area contributed by atoms with Gasteiger partial charge in [-0.3, -0.25) is 9.36 Å². The number of halogens is 1. The fourth-order valence-corrected chi connectivity index (χ4v) is 3.41. The van der Waals surface area contributed by atoms with Crippen LogP contribution in [0.4, 0.5) is 0 Å². The Labute approximate surface area is 208 Å². The molecule has 0 saturated heterocycles. The molecule has 3 aromatic rings. The van der Waals surface area contributed by atoms with E-state index in [2.05, 4.69) is 43.1 Å². The summed E-state index contributed by atoms with van der Waals surface area (Å²) in [6.45, 7) is 14.6. The van der Waals surface area contributed by atoms with Gasteiger partial charge in [-0.25, -0.2) is 9.97 Å². The van der Waals surface area contributed by atoms with Crippen LogP contribution >= 0.6 is 11.6 Å². The molecule has 0 radical (unpaired) electrons. The molecule has 0 unspecified atom stereocenters. The van der Waals surface area contributed by atoms with Crippen molar-refractivity contribution in [3.05, 3.63) is 65.4 Å². The predicted octanol–water partition coefficient (Wildman–Crippen LogP) is 6.00. The molecule has 2 N–H and O–H groups in total. The molecule has 0 atom stereocenters. The molecule has 0 bridgehead atoms. The number of allylic oxidation sites excluding steroid dienone is 1. The number of hydrogen-bond donors (Lipinski definition) is 1. The van der Waals surface area contributed by atoms with Crippen LogP contribution in [0.3, 0.4) is 0 Å². The number of primary amides is 1. The lowest BCUT2D eigenvalue weighted by Crippen LogP contribution is -2.19. The van der Waals surface area contributed by atoms with Crippen LogP contribution in [0.15, 0.2) is 47.5 Å². The first-order valence-electron chi connectivity index (χ1n) is 11.3. The SMILES string of the molecule is C=Cc1c(/C=C\C)nc(-c2cnc(C)o2)n1-c1ccc(Cl)cc1.CCCN(C)CCC.NC=O. The average Bonchev–Trinajstić information content (AvgIpc) is 3.39. The largest absolute Gasteiger partial charge is 0.438 e. The van der Waals surface area contributed by atoms with Gasteiger partial charge in [0, 0.05) is 17.6 Å². The van der Waals surface area contributed by atoms with Gasteiger partial charge < -0.3 is 15.1 Å². The first-order valence-corrected chi connectivity index (χ1v) is 11.6. The Hall–Kier alpha value is -3.16. The van der Waals surface area contributed by atoms with Crippen molar-refractivity contribution in [3.63, 3.8) is 0 Å². The van der Waals surface area contributed by atoms with E-state index in [-0.39, 0.29) is 6.41 Å². The van der Waals surface area contributed by atoms with Crippen LogP contribution < -0.4 is 5.73 Å². The second-order valence-corrected chi connectivity index (χ2v) is 7.84. The number of amides is 1. The highest BCUT2D eigenvalue weighted by Gasteiger charge is 2.19. The van der Waals surface area contributed by atoms with Gasteiger partial charge in [-0.05, 0) is 76.3 Å². The second-order valence-electron chi connectivity index (χ2n) is 7.40. The Bertz CT molecular complexity index is 1030. The monoisotopic (exact) mass is 485 g/mol. The molecule has 1 aromatic carbocycles. The summed E-state index contributed by atoms with van der Waals surface area (Å²) in [5, 5.41) is 0.680. The van der Waals surface area contributed by atoms with Crippen molar-refractivity contribution in [2.45, 2.75) is 40.5 Å². The van der Waals surface area contributed by atoms with Gasteiger partial charge in [0.05, 0.1) is 17.6 Å². The fraction of sp³-hybridized carbons (Fsp3) is 0.346. The van der Waals surface area contributed by atoms with Gasteiger partial charge in [0.15, 0.2) is 17.5 Å². The number of hydrogen-bond acceptors (Lipinski definition) is 5. The third kappa shape index (κ3) is 8.65. The number of aromatic nitrogens is 3. The molecule has 0 aliphatic rings. The highest BCUT2D eigenvalue weighted by atomic mass is 35.5. The Kier molecular flexibility index (Phi) is 13.3. The summed E-state index contributed by atoms with van der Waals surface area (Å²) in [5.41, 5.74) is 6.80. The zero-order chi connectivity index (χ0) is 25.5. The van der Waals surface area contributed by atoms with Gasteiger partial charge >= 0.3 is 0 Å². The molecule has 3 rings (SSSR count). The summed E-state index contributed by atoms with van der Waals surface area (Å²) >= 11 is 6.00. The topological polar surface area (TPSA) is 90.2 Å². The fourth-order valence-electron chi connectivity index (χ4n) is 3.28. The molecular formula is C26H36ClN5O2. The van der Waals surface area contributed by atoms with E-state index in [0.29, 0.717) is 22.5 Å².